The maximum atomic E-state index is 10.6. The Hall–Kier alpha value is -2.09. The normalized spacial score (nSPS) is 15.5. The van der Waals surface area contributed by atoms with Crippen molar-refractivity contribution in [3.05, 3.63) is 59.7 Å². The number of rotatable bonds is 5. The van der Waals surface area contributed by atoms with E-state index >= 15 is 0 Å². The summed E-state index contributed by atoms with van der Waals surface area (Å²) in [6.07, 6.45) is 7.57. The molecular formula is C21H24O2. The van der Waals surface area contributed by atoms with Crippen LogP contribution in [0.5, 0.6) is 0 Å². The molecule has 2 aromatic rings. The van der Waals surface area contributed by atoms with Gasteiger partial charge in [0.25, 0.3) is 0 Å². The van der Waals surface area contributed by atoms with E-state index in [0.29, 0.717) is 6.42 Å². The second kappa shape index (κ2) is 7.45. The van der Waals surface area contributed by atoms with Gasteiger partial charge >= 0.3 is 5.97 Å². The number of hydrogen-bond acceptors (Lipinski definition) is 1. The molecular weight excluding hydrogens is 284 g/mol. The van der Waals surface area contributed by atoms with Gasteiger partial charge < -0.3 is 5.11 Å². The molecule has 0 atom stereocenters. The van der Waals surface area contributed by atoms with E-state index in [1.807, 2.05) is 12.1 Å². The van der Waals surface area contributed by atoms with Crippen LogP contribution in [0.4, 0.5) is 0 Å². The summed E-state index contributed by atoms with van der Waals surface area (Å²) < 4.78 is 0. The quantitative estimate of drug-likeness (QED) is 0.801. The fourth-order valence-corrected chi connectivity index (χ4v) is 3.50. The zero-order valence-electron chi connectivity index (χ0n) is 13.5. The van der Waals surface area contributed by atoms with E-state index in [4.69, 9.17) is 5.11 Å². The summed E-state index contributed by atoms with van der Waals surface area (Å²) in [6, 6.07) is 17.2. The van der Waals surface area contributed by atoms with Gasteiger partial charge in [-0.3, -0.25) is 4.79 Å². The molecule has 2 aromatic carbocycles. The Morgan fingerprint density at radius 1 is 0.870 bits per heavy atom. The molecule has 0 aromatic heterocycles. The molecule has 0 saturated heterocycles. The van der Waals surface area contributed by atoms with Gasteiger partial charge in [0, 0.05) is 6.42 Å². The topological polar surface area (TPSA) is 37.3 Å². The number of hydrogen-bond donors (Lipinski definition) is 1. The van der Waals surface area contributed by atoms with Crippen molar-refractivity contribution in [2.45, 2.75) is 50.9 Å². The SMILES string of the molecule is O=C(O)CCc1ccc(-c2ccc(C3CCCCC3)cc2)cc1. The van der Waals surface area contributed by atoms with Gasteiger partial charge in [-0.1, -0.05) is 67.8 Å². The molecule has 2 nitrogen and oxygen atoms in total. The maximum absolute atomic E-state index is 10.6. The standard InChI is InChI=1S/C21H24O2/c22-21(23)15-8-16-6-9-18(10-7-16)20-13-11-19(12-14-20)17-4-2-1-3-5-17/h6-7,9-14,17H,1-5,8,15H2,(H,22,23). The van der Waals surface area contributed by atoms with Crippen LogP contribution in [0, 0.1) is 0 Å². The van der Waals surface area contributed by atoms with Crippen LogP contribution in [0.25, 0.3) is 11.1 Å². The predicted octanol–water partition coefficient (Wildman–Crippen LogP) is 5.42. The van der Waals surface area contributed by atoms with Crippen LogP contribution in [0.1, 0.15) is 55.6 Å². The van der Waals surface area contributed by atoms with E-state index < -0.39 is 5.97 Å². The van der Waals surface area contributed by atoms with Gasteiger partial charge in [-0.15, -0.1) is 0 Å². The summed E-state index contributed by atoms with van der Waals surface area (Å²) in [6.45, 7) is 0. The van der Waals surface area contributed by atoms with Crippen LogP contribution in [0.15, 0.2) is 48.5 Å². The lowest BCUT2D eigenvalue weighted by atomic mass is 9.83. The van der Waals surface area contributed by atoms with Crippen molar-refractivity contribution in [2.24, 2.45) is 0 Å². The molecule has 0 radical (unpaired) electrons. The highest BCUT2D eigenvalue weighted by atomic mass is 16.4. The zero-order valence-corrected chi connectivity index (χ0v) is 13.5. The molecule has 120 valence electrons. The van der Waals surface area contributed by atoms with Gasteiger partial charge in [-0.2, -0.15) is 0 Å². The highest BCUT2D eigenvalue weighted by molar-refractivity contribution is 5.67. The average Bonchev–Trinajstić information content (AvgIpc) is 2.61. The van der Waals surface area contributed by atoms with Crippen molar-refractivity contribution in [3.8, 4) is 11.1 Å². The Morgan fingerprint density at radius 2 is 1.43 bits per heavy atom. The first-order chi connectivity index (χ1) is 11.2. The van der Waals surface area contributed by atoms with Crippen molar-refractivity contribution in [1.82, 2.24) is 0 Å². The monoisotopic (exact) mass is 308 g/mol. The van der Waals surface area contributed by atoms with E-state index in [1.54, 1.807) is 0 Å². The summed E-state index contributed by atoms with van der Waals surface area (Å²) in [5, 5.41) is 8.74. The molecule has 23 heavy (non-hydrogen) atoms. The minimum Gasteiger partial charge on any atom is -0.481 e. The molecule has 1 fully saturated rings. The molecule has 1 aliphatic carbocycles. The summed E-state index contributed by atoms with van der Waals surface area (Å²) in [7, 11) is 0. The predicted molar refractivity (Wildman–Crippen MR) is 93.7 cm³/mol. The molecule has 1 aliphatic rings. The smallest absolute Gasteiger partial charge is 0.303 e. The number of aryl methyl sites for hydroxylation is 1. The highest BCUT2D eigenvalue weighted by Crippen LogP contribution is 2.33. The number of carbonyl (C=O) groups is 1. The summed E-state index contributed by atoms with van der Waals surface area (Å²) >= 11 is 0. The van der Waals surface area contributed by atoms with Crippen molar-refractivity contribution in [2.75, 3.05) is 0 Å². The first-order valence-corrected chi connectivity index (χ1v) is 8.63. The van der Waals surface area contributed by atoms with E-state index in [9.17, 15) is 4.79 Å². The first-order valence-electron chi connectivity index (χ1n) is 8.63. The summed E-state index contributed by atoms with van der Waals surface area (Å²) in [5.41, 5.74) is 4.98. The second-order valence-electron chi connectivity index (χ2n) is 6.55. The lowest BCUT2D eigenvalue weighted by Crippen LogP contribution is -2.04. The molecule has 0 aliphatic heterocycles. The van der Waals surface area contributed by atoms with Crippen LogP contribution in [-0.2, 0) is 11.2 Å². The largest absolute Gasteiger partial charge is 0.481 e. The van der Waals surface area contributed by atoms with Crippen molar-refractivity contribution in [3.63, 3.8) is 0 Å². The Bertz CT molecular complexity index is 635. The van der Waals surface area contributed by atoms with Gasteiger partial charge in [-0.05, 0) is 47.4 Å². The molecule has 1 N–H and O–H groups in total. The first kappa shape index (κ1) is 15.8. The van der Waals surface area contributed by atoms with Gasteiger partial charge in [0.2, 0.25) is 0 Å². The molecule has 3 rings (SSSR count). The molecule has 0 amide bonds. The molecule has 0 unspecified atom stereocenters. The van der Waals surface area contributed by atoms with Crippen LogP contribution < -0.4 is 0 Å². The van der Waals surface area contributed by atoms with E-state index in [1.165, 1.54) is 48.8 Å². The van der Waals surface area contributed by atoms with Crippen LogP contribution in [0.2, 0.25) is 0 Å². The zero-order chi connectivity index (χ0) is 16.1. The fraction of sp³-hybridized carbons (Fsp3) is 0.381. The highest BCUT2D eigenvalue weighted by Gasteiger charge is 2.15. The second-order valence-corrected chi connectivity index (χ2v) is 6.55. The Labute approximate surface area is 138 Å². The van der Waals surface area contributed by atoms with Crippen molar-refractivity contribution in [1.29, 1.82) is 0 Å². The third-order valence-corrected chi connectivity index (χ3v) is 4.90. The Morgan fingerprint density at radius 3 is 2.00 bits per heavy atom. The number of aliphatic carboxylic acids is 1. The number of carboxylic acid groups (broad SMARTS) is 1. The molecule has 1 saturated carbocycles. The molecule has 2 heteroatoms. The third-order valence-electron chi connectivity index (χ3n) is 4.90. The minimum atomic E-state index is -0.743. The molecule has 0 bridgehead atoms. The van der Waals surface area contributed by atoms with Gasteiger partial charge in [0.1, 0.15) is 0 Å². The molecule has 0 spiro atoms. The summed E-state index contributed by atoms with van der Waals surface area (Å²) in [4.78, 5) is 10.6. The maximum Gasteiger partial charge on any atom is 0.303 e. The average molecular weight is 308 g/mol. The van der Waals surface area contributed by atoms with Crippen molar-refractivity contribution >= 4 is 5.97 Å². The van der Waals surface area contributed by atoms with Gasteiger partial charge in [0.15, 0.2) is 0 Å². The van der Waals surface area contributed by atoms with Gasteiger partial charge in [0.05, 0.1) is 0 Å². The van der Waals surface area contributed by atoms with Crippen LogP contribution >= 0.6 is 0 Å². The fourth-order valence-electron chi connectivity index (χ4n) is 3.50. The number of carboxylic acids is 1. The van der Waals surface area contributed by atoms with Gasteiger partial charge in [-0.25, -0.2) is 0 Å². The third kappa shape index (κ3) is 4.22. The lowest BCUT2D eigenvalue weighted by Gasteiger charge is -2.22. The molecule has 0 heterocycles. The van der Waals surface area contributed by atoms with E-state index in [0.717, 1.165) is 11.5 Å². The van der Waals surface area contributed by atoms with E-state index in [-0.39, 0.29) is 6.42 Å². The summed E-state index contributed by atoms with van der Waals surface area (Å²) in [5.74, 6) is 0.00331. The van der Waals surface area contributed by atoms with Crippen LogP contribution in [0.3, 0.4) is 0 Å². The minimum absolute atomic E-state index is 0.190. The van der Waals surface area contributed by atoms with E-state index in [2.05, 4.69) is 36.4 Å². The number of benzene rings is 2. The lowest BCUT2D eigenvalue weighted by molar-refractivity contribution is -0.136. The Kier molecular flexibility index (Phi) is 5.12. The Balaban J connectivity index is 1.67. The van der Waals surface area contributed by atoms with Crippen LogP contribution in [-0.4, -0.2) is 11.1 Å². The van der Waals surface area contributed by atoms with Crippen molar-refractivity contribution < 1.29 is 9.90 Å².